The van der Waals surface area contributed by atoms with Crippen molar-refractivity contribution in [3.05, 3.63) is 66.5 Å². The van der Waals surface area contributed by atoms with Gasteiger partial charge in [0.25, 0.3) is 0 Å². The lowest BCUT2D eigenvalue weighted by Gasteiger charge is -2.08. The maximum Gasteiger partial charge on any atom is 0.153 e. The molecule has 4 nitrogen and oxygen atoms in total. The van der Waals surface area contributed by atoms with Gasteiger partial charge in [0.1, 0.15) is 0 Å². The van der Waals surface area contributed by atoms with Crippen LogP contribution >= 0.6 is 0 Å². The highest BCUT2D eigenvalue weighted by Gasteiger charge is 2.13. The highest BCUT2D eigenvalue weighted by Crippen LogP contribution is 2.25. The summed E-state index contributed by atoms with van der Waals surface area (Å²) in [5.41, 5.74) is 8.91. The monoisotopic (exact) mass is 250 g/mol. The van der Waals surface area contributed by atoms with Gasteiger partial charge in [-0.1, -0.05) is 36.4 Å². The number of aromatic nitrogens is 3. The average molecular weight is 250 g/mol. The second kappa shape index (κ2) is 5.04. The quantitative estimate of drug-likeness (QED) is 0.776. The Kier molecular flexibility index (Phi) is 3.08. The van der Waals surface area contributed by atoms with Gasteiger partial charge in [-0.05, 0) is 12.1 Å². The molecule has 0 fully saturated rings. The van der Waals surface area contributed by atoms with E-state index in [1.807, 2.05) is 41.1 Å². The van der Waals surface area contributed by atoms with Crippen molar-refractivity contribution >= 4 is 0 Å². The molecule has 0 radical (unpaired) electrons. The summed E-state index contributed by atoms with van der Waals surface area (Å²) in [5.74, 6) is 0.793. The maximum atomic E-state index is 5.81. The van der Waals surface area contributed by atoms with Crippen molar-refractivity contribution in [2.75, 3.05) is 0 Å². The van der Waals surface area contributed by atoms with E-state index in [1.54, 1.807) is 12.4 Å². The number of pyridine rings is 1. The van der Waals surface area contributed by atoms with Crippen LogP contribution in [0.4, 0.5) is 0 Å². The molecule has 1 aromatic carbocycles. The summed E-state index contributed by atoms with van der Waals surface area (Å²) in [6.45, 7) is 0.455. The van der Waals surface area contributed by atoms with Crippen molar-refractivity contribution in [2.45, 2.75) is 6.54 Å². The van der Waals surface area contributed by atoms with E-state index in [1.165, 1.54) is 0 Å². The van der Waals surface area contributed by atoms with Gasteiger partial charge in [-0.3, -0.25) is 0 Å². The van der Waals surface area contributed by atoms with Crippen LogP contribution in [0.3, 0.4) is 0 Å². The van der Waals surface area contributed by atoms with Gasteiger partial charge < -0.3 is 5.73 Å². The third kappa shape index (κ3) is 2.13. The standard InChI is InChI=1S/C15H14N4/c16-10-13-11-18-19(14-8-4-5-9-17-14)15(13)12-6-2-1-3-7-12/h1-9,11H,10,16H2. The van der Waals surface area contributed by atoms with Crippen LogP contribution in [0.1, 0.15) is 5.56 Å². The zero-order chi connectivity index (χ0) is 13.1. The topological polar surface area (TPSA) is 56.7 Å². The van der Waals surface area contributed by atoms with Gasteiger partial charge in [0.15, 0.2) is 5.82 Å². The summed E-state index contributed by atoms with van der Waals surface area (Å²) >= 11 is 0. The Balaban J connectivity index is 2.20. The first-order valence-corrected chi connectivity index (χ1v) is 6.14. The molecule has 19 heavy (non-hydrogen) atoms. The third-order valence-electron chi connectivity index (χ3n) is 2.98. The van der Waals surface area contributed by atoms with Crippen molar-refractivity contribution in [3.63, 3.8) is 0 Å². The molecule has 0 saturated carbocycles. The zero-order valence-corrected chi connectivity index (χ0v) is 10.4. The van der Waals surface area contributed by atoms with Crippen LogP contribution in [0.15, 0.2) is 60.9 Å². The number of hydrogen-bond acceptors (Lipinski definition) is 3. The van der Waals surface area contributed by atoms with Crippen molar-refractivity contribution < 1.29 is 0 Å². The summed E-state index contributed by atoms with van der Waals surface area (Å²) in [6.07, 6.45) is 3.56. The number of nitrogens with zero attached hydrogens (tertiary/aromatic N) is 3. The summed E-state index contributed by atoms with van der Waals surface area (Å²) in [6, 6.07) is 15.9. The Morgan fingerprint density at radius 3 is 2.47 bits per heavy atom. The minimum absolute atomic E-state index is 0.455. The number of rotatable bonds is 3. The highest BCUT2D eigenvalue weighted by molar-refractivity contribution is 5.65. The second-order valence-corrected chi connectivity index (χ2v) is 4.19. The molecule has 3 rings (SSSR count). The van der Waals surface area contributed by atoms with E-state index < -0.39 is 0 Å². The van der Waals surface area contributed by atoms with E-state index in [2.05, 4.69) is 22.2 Å². The Hall–Kier alpha value is -2.46. The van der Waals surface area contributed by atoms with Crippen molar-refractivity contribution in [3.8, 4) is 17.1 Å². The smallest absolute Gasteiger partial charge is 0.153 e. The van der Waals surface area contributed by atoms with Crippen LogP contribution in [-0.2, 0) is 6.54 Å². The van der Waals surface area contributed by atoms with Crippen LogP contribution < -0.4 is 5.73 Å². The summed E-state index contributed by atoms with van der Waals surface area (Å²) in [4.78, 5) is 4.34. The van der Waals surface area contributed by atoms with Crippen molar-refractivity contribution in [1.29, 1.82) is 0 Å². The molecule has 0 spiro atoms. The highest BCUT2D eigenvalue weighted by atomic mass is 15.3. The molecule has 0 aliphatic carbocycles. The first-order valence-electron chi connectivity index (χ1n) is 6.14. The number of benzene rings is 1. The van der Waals surface area contributed by atoms with E-state index in [0.717, 1.165) is 22.6 Å². The van der Waals surface area contributed by atoms with Gasteiger partial charge >= 0.3 is 0 Å². The van der Waals surface area contributed by atoms with Crippen LogP contribution in [0, 0.1) is 0 Å². The van der Waals surface area contributed by atoms with E-state index in [0.29, 0.717) is 6.54 Å². The summed E-state index contributed by atoms with van der Waals surface area (Å²) in [5, 5.41) is 4.41. The molecule has 0 aliphatic rings. The molecule has 0 saturated heterocycles. The number of nitrogens with two attached hydrogens (primary N) is 1. The maximum absolute atomic E-state index is 5.81. The van der Waals surface area contributed by atoms with E-state index >= 15 is 0 Å². The Morgan fingerprint density at radius 1 is 1.00 bits per heavy atom. The third-order valence-corrected chi connectivity index (χ3v) is 2.98. The molecule has 0 bridgehead atoms. The fraction of sp³-hybridized carbons (Fsp3) is 0.0667. The molecule has 4 heteroatoms. The predicted molar refractivity (Wildman–Crippen MR) is 74.7 cm³/mol. The average Bonchev–Trinajstić information content (AvgIpc) is 2.93. The molecule has 2 N–H and O–H groups in total. The van der Waals surface area contributed by atoms with Crippen molar-refractivity contribution in [1.82, 2.24) is 14.8 Å². The lowest BCUT2D eigenvalue weighted by Crippen LogP contribution is -2.03. The van der Waals surface area contributed by atoms with Gasteiger partial charge in [0.05, 0.1) is 11.9 Å². The van der Waals surface area contributed by atoms with E-state index in [9.17, 15) is 0 Å². The fourth-order valence-corrected chi connectivity index (χ4v) is 2.09. The molecule has 0 unspecified atom stereocenters. The van der Waals surface area contributed by atoms with Gasteiger partial charge in [-0.25, -0.2) is 9.67 Å². The largest absolute Gasteiger partial charge is 0.326 e. The van der Waals surface area contributed by atoms with Gasteiger partial charge in [0, 0.05) is 23.9 Å². The van der Waals surface area contributed by atoms with E-state index in [-0.39, 0.29) is 0 Å². The summed E-state index contributed by atoms with van der Waals surface area (Å²) < 4.78 is 1.83. The minimum Gasteiger partial charge on any atom is -0.326 e. The van der Waals surface area contributed by atoms with Gasteiger partial charge in [-0.15, -0.1) is 0 Å². The Labute approximate surface area is 111 Å². The van der Waals surface area contributed by atoms with Crippen LogP contribution in [0.5, 0.6) is 0 Å². The van der Waals surface area contributed by atoms with Gasteiger partial charge in [-0.2, -0.15) is 5.10 Å². The lowest BCUT2D eigenvalue weighted by atomic mass is 10.1. The zero-order valence-electron chi connectivity index (χ0n) is 10.4. The molecule has 0 aliphatic heterocycles. The molecule has 0 atom stereocenters. The van der Waals surface area contributed by atoms with Crippen LogP contribution in [-0.4, -0.2) is 14.8 Å². The summed E-state index contributed by atoms with van der Waals surface area (Å²) in [7, 11) is 0. The normalized spacial score (nSPS) is 10.6. The van der Waals surface area contributed by atoms with Gasteiger partial charge in [0.2, 0.25) is 0 Å². The molecular formula is C15H14N4. The molecule has 94 valence electrons. The van der Waals surface area contributed by atoms with Crippen molar-refractivity contribution in [2.24, 2.45) is 5.73 Å². The Bertz CT molecular complexity index is 659. The van der Waals surface area contributed by atoms with Crippen LogP contribution in [0.2, 0.25) is 0 Å². The molecule has 0 amide bonds. The lowest BCUT2D eigenvalue weighted by molar-refractivity contribution is 0.853. The first-order chi connectivity index (χ1) is 9.40. The number of hydrogen-bond donors (Lipinski definition) is 1. The molecule has 2 aromatic heterocycles. The van der Waals surface area contributed by atoms with Crippen LogP contribution in [0.25, 0.3) is 17.1 Å². The first kappa shape index (κ1) is 11.6. The minimum atomic E-state index is 0.455. The Morgan fingerprint density at radius 2 is 1.79 bits per heavy atom. The molecular weight excluding hydrogens is 236 g/mol. The second-order valence-electron chi connectivity index (χ2n) is 4.19. The van der Waals surface area contributed by atoms with E-state index in [4.69, 9.17) is 5.73 Å². The molecule has 3 aromatic rings. The predicted octanol–water partition coefficient (Wildman–Crippen LogP) is 2.39. The fourth-order valence-electron chi connectivity index (χ4n) is 2.09. The molecule has 2 heterocycles. The SMILES string of the molecule is NCc1cnn(-c2ccccn2)c1-c1ccccc1.